The maximum atomic E-state index is 10.9. The summed E-state index contributed by atoms with van der Waals surface area (Å²) >= 11 is 0. The summed E-state index contributed by atoms with van der Waals surface area (Å²) in [6.07, 6.45) is 1.63. The molecule has 1 atom stereocenters. The van der Waals surface area contributed by atoms with Crippen LogP contribution in [0.1, 0.15) is 12.5 Å². The van der Waals surface area contributed by atoms with Crippen molar-refractivity contribution in [2.75, 3.05) is 0 Å². The third-order valence-corrected chi connectivity index (χ3v) is 2.75. The summed E-state index contributed by atoms with van der Waals surface area (Å²) in [5.41, 5.74) is 5.58. The van der Waals surface area contributed by atoms with Gasteiger partial charge in [-0.2, -0.15) is 5.06 Å². The van der Waals surface area contributed by atoms with Gasteiger partial charge in [0.25, 0.3) is 0 Å². The van der Waals surface area contributed by atoms with Crippen LogP contribution in [0.15, 0.2) is 48.7 Å². The molecule has 6 heteroatoms. The average molecular weight is 297 g/mol. The molecule has 1 aromatic heterocycles. The molecule has 2 aromatic rings. The molecule has 0 aliphatic rings. The van der Waals surface area contributed by atoms with Crippen LogP contribution in [0.5, 0.6) is 11.6 Å². The summed E-state index contributed by atoms with van der Waals surface area (Å²) in [5.74, 6) is 6.57. The molecule has 2 rings (SSSR count). The number of urea groups is 1. The number of primary amides is 1. The van der Waals surface area contributed by atoms with Crippen molar-refractivity contribution in [1.29, 1.82) is 0 Å². The van der Waals surface area contributed by atoms with Crippen molar-refractivity contribution in [3.05, 3.63) is 54.2 Å². The Kier molecular flexibility index (Phi) is 4.96. The number of carbonyl (C=O) groups is 1. The lowest BCUT2D eigenvalue weighted by molar-refractivity contribution is -0.0536. The second-order valence-corrected chi connectivity index (χ2v) is 4.39. The molecule has 0 saturated heterocycles. The Morgan fingerprint density at radius 3 is 2.73 bits per heavy atom. The monoisotopic (exact) mass is 297 g/mol. The summed E-state index contributed by atoms with van der Waals surface area (Å²) in [4.78, 5) is 14.9. The average Bonchev–Trinajstić information content (AvgIpc) is 2.54. The molecule has 6 nitrogen and oxygen atoms in total. The van der Waals surface area contributed by atoms with Crippen molar-refractivity contribution in [2.45, 2.75) is 13.0 Å². The van der Waals surface area contributed by atoms with Gasteiger partial charge in [-0.05, 0) is 25.1 Å². The largest absolute Gasteiger partial charge is 0.438 e. The number of rotatable bonds is 3. The first-order valence-corrected chi connectivity index (χ1v) is 6.55. The van der Waals surface area contributed by atoms with Gasteiger partial charge in [0, 0.05) is 12.3 Å². The van der Waals surface area contributed by atoms with Gasteiger partial charge in [-0.3, -0.25) is 5.21 Å². The van der Waals surface area contributed by atoms with Gasteiger partial charge in [0.15, 0.2) is 0 Å². The molecule has 0 bridgehead atoms. The standard InChI is InChI=1S/C16H15N3O3/c1-12(19(21)16(17)20)9-10-13-6-2-3-7-14(13)22-15-8-4-5-11-18-15/h2-8,11-12,21H,1H3,(H2,17,20). The second kappa shape index (κ2) is 7.11. The number of para-hydroxylation sites is 1. The number of hydrogen-bond donors (Lipinski definition) is 2. The number of benzene rings is 1. The normalized spacial score (nSPS) is 11.0. The predicted octanol–water partition coefficient (Wildman–Crippen LogP) is 2.38. The highest BCUT2D eigenvalue weighted by Crippen LogP contribution is 2.22. The summed E-state index contributed by atoms with van der Waals surface area (Å²) in [6.45, 7) is 1.56. The number of hydrogen-bond acceptors (Lipinski definition) is 4. The lowest BCUT2D eigenvalue weighted by Gasteiger charge is -2.14. The Labute approximate surface area is 128 Å². The number of nitrogens with zero attached hydrogens (tertiary/aromatic N) is 2. The van der Waals surface area contributed by atoms with E-state index < -0.39 is 12.1 Å². The van der Waals surface area contributed by atoms with E-state index in [4.69, 9.17) is 10.5 Å². The molecular formula is C16H15N3O3. The second-order valence-electron chi connectivity index (χ2n) is 4.39. The van der Waals surface area contributed by atoms with E-state index >= 15 is 0 Å². The van der Waals surface area contributed by atoms with Crippen molar-refractivity contribution in [2.24, 2.45) is 5.73 Å². The molecule has 3 N–H and O–H groups in total. The molecule has 0 aliphatic carbocycles. The van der Waals surface area contributed by atoms with Gasteiger partial charge in [-0.15, -0.1) is 0 Å². The number of ether oxygens (including phenoxy) is 1. The van der Waals surface area contributed by atoms with E-state index in [-0.39, 0.29) is 0 Å². The van der Waals surface area contributed by atoms with Gasteiger partial charge >= 0.3 is 6.03 Å². The molecule has 1 aromatic carbocycles. The van der Waals surface area contributed by atoms with E-state index in [0.29, 0.717) is 22.3 Å². The van der Waals surface area contributed by atoms with E-state index in [1.54, 1.807) is 37.4 Å². The first kappa shape index (κ1) is 15.4. The van der Waals surface area contributed by atoms with Crippen molar-refractivity contribution < 1.29 is 14.7 Å². The van der Waals surface area contributed by atoms with Gasteiger partial charge in [-0.1, -0.05) is 30.0 Å². The Morgan fingerprint density at radius 1 is 1.32 bits per heavy atom. The van der Waals surface area contributed by atoms with E-state index in [0.717, 1.165) is 0 Å². The maximum absolute atomic E-state index is 10.9. The molecule has 0 radical (unpaired) electrons. The van der Waals surface area contributed by atoms with Crippen molar-refractivity contribution in [3.8, 4) is 23.5 Å². The number of amides is 2. The van der Waals surface area contributed by atoms with Gasteiger partial charge in [0.2, 0.25) is 5.88 Å². The highest BCUT2D eigenvalue weighted by atomic mass is 16.5. The molecule has 2 amide bonds. The highest BCUT2D eigenvalue weighted by Gasteiger charge is 2.12. The van der Waals surface area contributed by atoms with Crippen LogP contribution >= 0.6 is 0 Å². The highest BCUT2D eigenvalue weighted by molar-refractivity contribution is 5.71. The van der Waals surface area contributed by atoms with Crippen molar-refractivity contribution >= 4 is 6.03 Å². The molecule has 1 heterocycles. The first-order valence-electron chi connectivity index (χ1n) is 6.55. The molecular weight excluding hydrogens is 282 g/mol. The van der Waals surface area contributed by atoms with E-state index in [1.807, 2.05) is 18.2 Å². The van der Waals surface area contributed by atoms with E-state index in [9.17, 15) is 10.0 Å². The van der Waals surface area contributed by atoms with Crippen LogP contribution in [0, 0.1) is 11.8 Å². The first-order chi connectivity index (χ1) is 10.6. The fourth-order valence-electron chi connectivity index (χ4n) is 1.61. The van der Waals surface area contributed by atoms with Crippen LogP contribution in [0.4, 0.5) is 4.79 Å². The Bertz CT molecular complexity index is 707. The van der Waals surface area contributed by atoms with Gasteiger partial charge in [0.05, 0.1) is 5.56 Å². The van der Waals surface area contributed by atoms with Crippen LogP contribution in [0.2, 0.25) is 0 Å². The van der Waals surface area contributed by atoms with E-state index in [1.165, 1.54) is 0 Å². The molecule has 112 valence electrons. The molecule has 0 fully saturated rings. The summed E-state index contributed by atoms with van der Waals surface area (Å²) < 4.78 is 5.67. The van der Waals surface area contributed by atoms with Gasteiger partial charge in [-0.25, -0.2) is 9.78 Å². The van der Waals surface area contributed by atoms with Crippen LogP contribution < -0.4 is 10.5 Å². The number of aromatic nitrogens is 1. The topological polar surface area (TPSA) is 88.7 Å². The summed E-state index contributed by atoms with van der Waals surface area (Å²) in [7, 11) is 0. The van der Waals surface area contributed by atoms with Crippen LogP contribution in [-0.2, 0) is 0 Å². The van der Waals surface area contributed by atoms with E-state index in [2.05, 4.69) is 16.8 Å². The fraction of sp³-hybridized carbons (Fsp3) is 0.125. The Morgan fingerprint density at radius 2 is 2.05 bits per heavy atom. The number of carbonyl (C=O) groups excluding carboxylic acids is 1. The minimum absolute atomic E-state index is 0.370. The van der Waals surface area contributed by atoms with Gasteiger partial charge in [0.1, 0.15) is 11.8 Å². The van der Waals surface area contributed by atoms with Crippen LogP contribution in [0.3, 0.4) is 0 Å². The third-order valence-electron chi connectivity index (χ3n) is 2.75. The number of hydroxylamine groups is 2. The zero-order valence-corrected chi connectivity index (χ0v) is 11.9. The maximum Gasteiger partial charge on any atom is 0.339 e. The van der Waals surface area contributed by atoms with Crippen LogP contribution in [-0.4, -0.2) is 27.3 Å². The molecule has 0 aliphatic heterocycles. The minimum atomic E-state index is -0.958. The minimum Gasteiger partial charge on any atom is -0.438 e. The molecule has 0 spiro atoms. The zero-order chi connectivity index (χ0) is 15.9. The van der Waals surface area contributed by atoms with Gasteiger partial charge < -0.3 is 10.5 Å². The molecule has 22 heavy (non-hydrogen) atoms. The summed E-state index contributed by atoms with van der Waals surface area (Å²) in [6, 6.07) is 10.8. The quantitative estimate of drug-likeness (QED) is 0.517. The molecule has 0 saturated carbocycles. The molecule has 1 unspecified atom stereocenters. The van der Waals surface area contributed by atoms with Crippen molar-refractivity contribution in [1.82, 2.24) is 10.0 Å². The predicted molar refractivity (Wildman–Crippen MR) is 80.3 cm³/mol. The Balaban J connectivity index is 2.21. The fourth-order valence-corrected chi connectivity index (χ4v) is 1.61. The number of pyridine rings is 1. The van der Waals surface area contributed by atoms with Crippen molar-refractivity contribution in [3.63, 3.8) is 0 Å². The van der Waals surface area contributed by atoms with Crippen LogP contribution in [0.25, 0.3) is 0 Å². The number of nitrogens with two attached hydrogens (primary N) is 1. The lowest BCUT2D eigenvalue weighted by atomic mass is 10.2. The zero-order valence-electron chi connectivity index (χ0n) is 11.9. The SMILES string of the molecule is CC(C#Cc1ccccc1Oc1ccccn1)N(O)C(N)=O. The smallest absolute Gasteiger partial charge is 0.339 e. The third kappa shape index (κ3) is 3.98. The Hall–Kier alpha value is -3.04. The lowest BCUT2D eigenvalue weighted by Crippen LogP contribution is -2.38. The summed E-state index contributed by atoms with van der Waals surface area (Å²) in [5, 5.41) is 9.76.